The van der Waals surface area contributed by atoms with Crippen LogP contribution < -0.4 is 5.73 Å². The monoisotopic (exact) mass is 307 g/mol. The van der Waals surface area contributed by atoms with Gasteiger partial charge in [0.25, 0.3) is 0 Å². The number of hydrogen-bond acceptors (Lipinski definition) is 4. The summed E-state index contributed by atoms with van der Waals surface area (Å²) in [5.41, 5.74) is 5.99. The highest BCUT2D eigenvalue weighted by Crippen LogP contribution is 2.27. The van der Waals surface area contributed by atoms with Crippen molar-refractivity contribution in [2.45, 2.75) is 58.0 Å². The number of thiazole rings is 1. The summed E-state index contributed by atoms with van der Waals surface area (Å²) >= 11 is 1.64. The van der Waals surface area contributed by atoms with Crippen LogP contribution in [-0.4, -0.2) is 34.4 Å². The van der Waals surface area contributed by atoms with E-state index >= 15 is 0 Å². The van der Waals surface area contributed by atoms with Crippen LogP contribution in [0.15, 0.2) is 12.3 Å². The number of hydrogen-bond donors (Lipinski definition) is 1. The Morgan fingerprint density at radius 3 is 2.81 bits per heavy atom. The lowest BCUT2D eigenvalue weighted by atomic mass is 9.98. The zero-order valence-electron chi connectivity index (χ0n) is 13.3. The van der Waals surface area contributed by atoms with Gasteiger partial charge >= 0.3 is 0 Å². The summed E-state index contributed by atoms with van der Waals surface area (Å²) in [5.74, 6) is 0.0695. The van der Waals surface area contributed by atoms with E-state index in [4.69, 9.17) is 5.73 Å². The van der Waals surface area contributed by atoms with E-state index in [-0.39, 0.29) is 23.4 Å². The van der Waals surface area contributed by atoms with Crippen molar-refractivity contribution in [2.75, 3.05) is 6.54 Å². The van der Waals surface area contributed by atoms with Gasteiger partial charge in [-0.2, -0.15) is 0 Å². The fourth-order valence-corrected chi connectivity index (χ4v) is 3.37. The number of nitrogens with two attached hydrogens (primary N) is 1. The maximum absolute atomic E-state index is 12.3. The van der Waals surface area contributed by atoms with E-state index in [0.29, 0.717) is 0 Å². The first-order chi connectivity index (χ1) is 9.77. The van der Waals surface area contributed by atoms with Crippen LogP contribution in [0.4, 0.5) is 0 Å². The molecular formula is C16H25N3OS. The van der Waals surface area contributed by atoms with Gasteiger partial charge in [0.15, 0.2) is 0 Å². The summed E-state index contributed by atoms with van der Waals surface area (Å²) in [6, 6.07) is 0.446. The Morgan fingerprint density at radius 1 is 1.52 bits per heavy atom. The highest BCUT2D eigenvalue weighted by atomic mass is 32.1. The Balaban J connectivity index is 2.00. The van der Waals surface area contributed by atoms with Crippen LogP contribution in [0.1, 0.15) is 50.4 Å². The maximum atomic E-state index is 12.3. The summed E-state index contributed by atoms with van der Waals surface area (Å²) in [5, 5.41) is 1.09. The molecule has 4 nitrogen and oxygen atoms in total. The molecule has 5 heteroatoms. The van der Waals surface area contributed by atoms with Crippen LogP contribution in [0, 0.1) is 0 Å². The molecule has 1 aromatic heterocycles. The largest absolute Gasteiger partial charge is 0.336 e. The van der Waals surface area contributed by atoms with Crippen LogP contribution >= 0.6 is 11.3 Å². The molecule has 0 aromatic carbocycles. The first-order valence-electron chi connectivity index (χ1n) is 7.48. The Hall–Kier alpha value is -1.20. The van der Waals surface area contributed by atoms with Gasteiger partial charge < -0.3 is 10.6 Å². The SMILES string of the molecule is CC1CC(N)CCN1C(=O)/C=C/c1cnc(C(C)(C)C)s1. The van der Waals surface area contributed by atoms with E-state index in [9.17, 15) is 4.79 Å². The van der Waals surface area contributed by atoms with Gasteiger partial charge in [-0.05, 0) is 25.8 Å². The van der Waals surface area contributed by atoms with E-state index in [1.165, 1.54) is 0 Å². The van der Waals surface area contributed by atoms with Crippen LogP contribution in [0.5, 0.6) is 0 Å². The average molecular weight is 307 g/mol. The molecule has 0 spiro atoms. The predicted molar refractivity (Wildman–Crippen MR) is 88.2 cm³/mol. The lowest BCUT2D eigenvalue weighted by Crippen LogP contribution is -2.47. The molecule has 0 bridgehead atoms. The van der Waals surface area contributed by atoms with Crippen molar-refractivity contribution >= 4 is 23.3 Å². The Labute approximate surface area is 131 Å². The first kappa shape index (κ1) is 16.2. The van der Waals surface area contributed by atoms with E-state index in [2.05, 4.69) is 32.7 Å². The number of aromatic nitrogens is 1. The summed E-state index contributed by atoms with van der Waals surface area (Å²) in [4.78, 5) is 19.6. The quantitative estimate of drug-likeness (QED) is 0.855. The number of nitrogens with zero attached hydrogens (tertiary/aromatic N) is 2. The third-order valence-corrected chi connectivity index (χ3v) is 5.14. The fourth-order valence-electron chi connectivity index (χ4n) is 2.50. The minimum absolute atomic E-state index is 0.0539. The van der Waals surface area contributed by atoms with Gasteiger partial charge in [0, 0.05) is 41.2 Å². The molecule has 2 N–H and O–H groups in total. The molecule has 1 saturated heterocycles. The molecule has 0 saturated carbocycles. The minimum Gasteiger partial charge on any atom is -0.336 e. The van der Waals surface area contributed by atoms with Crippen molar-refractivity contribution in [3.8, 4) is 0 Å². The molecule has 1 aromatic rings. The second-order valence-corrected chi connectivity index (χ2v) is 7.88. The number of piperidine rings is 1. The highest BCUT2D eigenvalue weighted by Gasteiger charge is 2.25. The smallest absolute Gasteiger partial charge is 0.246 e. The molecule has 1 aliphatic heterocycles. The Bertz CT molecular complexity index is 530. The standard InChI is InChI=1S/C16H25N3OS/c1-11-9-12(17)7-8-19(11)14(20)6-5-13-10-18-15(21-13)16(2,3)4/h5-6,10-12H,7-9,17H2,1-4H3/b6-5+. The maximum Gasteiger partial charge on any atom is 0.246 e. The van der Waals surface area contributed by atoms with E-state index in [1.807, 2.05) is 17.2 Å². The molecule has 0 aliphatic carbocycles. The zero-order chi connectivity index (χ0) is 15.6. The van der Waals surface area contributed by atoms with Crippen molar-refractivity contribution in [3.63, 3.8) is 0 Å². The second-order valence-electron chi connectivity index (χ2n) is 6.82. The molecule has 21 heavy (non-hydrogen) atoms. The van der Waals surface area contributed by atoms with Crippen LogP contribution in [0.25, 0.3) is 6.08 Å². The van der Waals surface area contributed by atoms with Crippen molar-refractivity contribution in [1.29, 1.82) is 0 Å². The lowest BCUT2D eigenvalue weighted by Gasteiger charge is -2.35. The van der Waals surface area contributed by atoms with E-state index in [0.717, 1.165) is 29.3 Å². The molecule has 2 atom stereocenters. The second kappa shape index (κ2) is 6.28. The van der Waals surface area contributed by atoms with Gasteiger partial charge in [0.2, 0.25) is 5.91 Å². The highest BCUT2D eigenvalue weighted by molar-refractivity contribution is 7.12. The van der Waals surface area contributed by atoms with Gasteiger partial charge in [0.1, 0.15) is 0 Å². The first-order valence-corrected chi connectivity index (χ1v) is 8.29. The van der Waals surface area contributed by atoms with Crippen molar-refractivity contribution in [3.05, 3.63) is 22.2 Å². The van der Waals surface area contributed by atoms with Crippen molar-refractivity contribution in [1.82, 2.24) is 9.88 Å². The minimum atomic E-state index is 0.0539. The normalized spacial score (nSPS) is 23.8. The number of likely N-dealkylation sites (tertiary alicyclic amines) is 1. The predicted octanol–water partition coefficient (Wildman–Crippen LogP) is 2.79. The van der Waals surface area contributed by atoms with Crippen molar-refractivity contribution in [2.24, 2.45) is 5.73 Å². The van der Waals surface area contributed by atoms with Crippen LogP contribution in [0.3, 0.4) is 0 Å². The zero-order valence-corrected chi connectivity index (χ0v) is 14.1. The average Bonchev–Trinajstić information content (AvgIpc) is 2.84. The van der Waals surface area contributed by atoms with Gasteiger partial charge in [-0.1, -0.05) is 20.8 Å². The summed E-state index contributed by atoms with van der Waals surface area (Å²) < 4.78 is 0. The third-order valence-electron chi connectivity index (χ3n) is 3.76. The molecule has 116 valence electrons. The van der Waals surface area contributed by atoms with E-state index in [1.54, 1.807) is 17.4 Å². The molecular weight excluding hydrogens is 282 g/mol. The summed E-state index contributed by atoms with van der Waals surface area (Å²) in [7, 11) is 0. The summed E-state index contributed by atoms with van der Waals surface area (Å²) in [6.07, 6.45) is 7.14. The van der Waals surface area contributed by atoms with Gasteiger partial charge in [0.05, 0.1) is 5.01 Å². The molecule has 0 radical (unpaired) electrons. The molecule has 2 heterocycles. The third kappa shape index (κ3) is 4.14. The number of carbonyl (C=O) groups excluding carboxylic acids is 1. The van der Waals surface area contributed by atoms with Gasteiger partial charge in [-0.25, -0.2) is 4.98 Å². The van der Waals surface area contributed by atoms with Crippen LogP contribution in [0.2, 0.25) is 0 Å². The number of carbonyl (C=O) groups is 1. The van der Waals surface area contributed by atoms with Gasteiger partial charge in [-0.3, -0.25) is 4.79 Å². The molecule has 2 unspecified atom stereocenters. The topological polar surface area (TPSA) is 59.2 Å². The van der Waals surface area contributed by atoms with Crippen molar-refractivity contribution < 1.29 is 4.79 Å². The molecule has 1 aliphatic rings. The fraction of sp³-hybridized carbons (Fsp3) is 0.625. The number of amides is 1. The molecule has 2 rings (SSSR count). The Morgan fingerprint density at radius 2 is 2.24 bits per heavy atom. The lowest BCUT2D eigenvalue weighted by molar-refractivity contribution is -0.129. The Kier molecular flexibility index (Phi) is 4.84. The van der Waals surface area contributed by atoms with Gasteiger partial charge in [-0.15, -0.1) is 11.3 Å². The number of rotatable bonds is 2. The van der Waals surface area contributed by atoms with Crippen LogP contribution in [-0.2, 0) is 10.2 Å². The molecule has 1 fully saturated rings. The van der Waals surface area contributed by atoms with E-state index < -0.39 is 0 Å². The summed E-state index contributed by atoms with van der Waals surface area (Å²) in [6.45, 7) is 9.24. The molecule has 1 amide bonds.